The second kappa shape index (κ2) is 26.6. The zero-order valence-electron chi connectivity index (χ0n) is 36.7. The molecule has 0 saturated carbocycles. The van der Waals surface area contributed by atoms with E-state index >= 15 is 0 Å². The molecule has 342 valence electrons. The average Bonchev–Trinajstić information content (AvgIpc) is 3.26. The first-order chi connectivity index (χ1) is 29.7. The Balaban J connectivity index is 1.55. The number of amides is 7. The van der Waals surface area contributed by atoms with Crippen molar-refractivity contribution >= 4 is 41.4 Å². The van der Waals surface area contributed by atoms with Crippen LogP contribution in [0.3, 0.4) is 0 Å². The molecule has 0 fully saturated rings. The largest absolute Gasteiger partial charge is 0.507 e. The molecule has 3 atom stereocenters. The van der Waals surface area contributed by atoms with E-state index in [9.17, 15) is 48.9 Å². The molecule has 62 heavy (non-hydrogen) atoms. The van der Waals surface area contributed by atoms with Crippen LogP contribution in [-0.2, 0) is 40.0 Å². The average molecular weight is 866 g/mol. The van der Waals surface area contributed by atoms with E-state index in [2.05, 4.69) is 33.5 Å². The zero-order chi connectivity index (χ0) is 45.6. The van der Waals surface area contributed by atoms with E-state index in [1.54, 1.807) is 12.1 Å². The van der Waals surface area contributed by atoms with E-state index in [4.69, 9.17) is 0 Å². The molecule has 1 aliphatic heterocycles. The molecule has 0 aliphatic carbocycles. The van der Waals surface area contributed by atoms with Crippen LogP contribution in [0.4, 0.5) is 0 Å². The second-order valence-corrected chi connectivity index (χ2v) is 15.9. The second-order valence-electron chi connectivity index (χ2n) is 15.9. The third-order valence-corrected chi connectivity index (χ3v) is 11.2. The van der Waals surface area contributed by atoms with Gasteiger partial charge in [0.25, 0.3) is 0 Å². The number of carbonyl (C=O) groups is 7. The van der Waals surface area contributed by atoms with E-state index in [1.165, 1.54) is 108 Å². The summed E-state index contributed by atoms with van der Waals surface area (Å²) in [5.74, 6) is -5.04. The molecule has 7 amide bonds. The molecule has 2 aromatic carbocycles. The topological polar surface area (TPSA) is 247 Å². The van der Waals surface area contributed by atoms with Crippen molar-refractivity contribution in [1.82, 2.24) is 36.4 Å². The summed E-state index contributed by atoms with van der Waals surface area (Å²) in [5.41, 5.74) is 1.02. The molecule has 8 N–H and O–H groups in total. The van der Waals surface area contributed by atoms with Crippen LogP contribution in [0, 0.1) is 0 Å². The molecule has 0 radical (unpaired) electrons. The van der Waals surface area contributed by atoms with Crippen molar-refractivity contribution < 1.29 is 48.9 Å². The number of nitrogens with one attached hydrogen (secondary N) is 5. The number of aliphatic hydroxyl groups excluding tert-OH is 1. The van der Waals surface area contributed by atoms with Crippen LogP contribution >= 0.6 is 0 Å². The van der Waals surface area contributed by atoms with Gasteiger partial charge in [0.1, 0.15) is 29.6 Å². The summed E-state index contributed by atoms with van der Waals surface area (Å²) in [6, 6.07) is 4.90. The third-order valence-electron chi connectivity index (χ3n) is 11.2. The number of phenolic OH excluding ortho intramolecular Hbond substituents is 2. The van der Waals surface area contributed by atoms with Gasteiger partial charge in [-0.25, -0.2) is 0 Å². The Labute approximate surface area is 364 Å². The monoisotopic (exact) mass is 865 g/mol. The lowest BCUT2D eigenvalue weighted by Crippen LogP contribution is -2.52. The molecule has 4 bridgehead atoms. The van der Waals surface area contributed by atoms with Crippen LogP contribution in [0.1, 0.15) is 114 Å². The highest BCUT2D eigenvalue weighted by atomic mass is 16.3. The molecular weight excluding hydrogens is 799 g/mol. The fourth-order valence-electron chi connectivity index (χ4n) is 7.36. The van der Waals surface area contributed by atoms with Crippen molar-refractivity contribution in [1.29, 1.82) is 0 Å². The molecule has 1 unspecified atom stereocenters. The van der Waals surface area contributed by atoms with Gasteiger partial charge in [-0.1, -0.05) is 96.1 Å². The number of nitrogens with zero attached hydrogens (tertiary/aromatic N) is 2. The Hall–Kier alpha value is -5.71. The summed E-state index contributed by atoms with van der Waals surface area (Å²) < 4.78 is 0. The van der Waals surface area contributed by atoms with Gasteiger partial charge < -0.3 is 51.7 Å². The fourth-order valence-corrected chi connectivity index (χ4v) is 7.36. The highest BCUT2D eigenvalue weighted by Crippen LogP contribution is 2.38. The Morgan fingerprint density at radius 3 is 1.95 bits per heavy atom. The van der Waals surface area contributed by atoms with E-state index < -0.39 is 79.8 Å². The number of fused-ring (bicyclic) bond motifs is 5. The standard InChI is InChI=1S/C45H67N7O10/c1-5-6-7-8-9-10-11-12-13-14-15-16-17-18-40(58)51(3)35(29-53)44(61)48-26-38(56)47-28-41(59)52(4)42-31-20-22-37(55)33(25-31)32-23-30(19-21-36(32)54)24-34(43(60)46-2)50-39(57)27-49-45(42)62/h19-23,25,34-35,42,53-55H,5-18,24,26-29H2,1-4H3,(H,46,60)(H,47,56)(H,48,61)(H,49,62)(H,50,57)/t34-,35+,42?/m0/s1. The predicted molar refractivity (Wildman–Crippen MR) is 233 cm³/mol. The first-order valence-corrected chi connectivity index (χ1v) is 21.8. The zero-order valence-corrected chi connectivity index (χ0v) is 36.7. The number of aliphatic hydroxyl groups is 1. The maximum absolute atomic E-state index is 13.7. The summed E-state index contributed by atoms with van der Waals surface area (Å²) in [6.07, 6.45) is 15.4. The van der Waals surface area contributed by atoms with Gasteiger partial charge >= 0.3 is 0 Å². The number of hydrogen-bond donors (Lipinski definition) is 8. The van der Waals surface area contributed by atoms with Crippen molar-refractivity contribution in [2.24, 2.45) is 0 Å². The molecular formula is C45H67N7O10. The van der Waals surface area contributed by atoms with Crippen LogP contribution < -0.4 is 26.6 Å². The molecule has 0 spiro atoms. The minimum Gasteiger partial charge on any atom is -0.507 e. The molecule has 0 aromatic heterocycles. The van der Waals surface area contributed by atoms with Crippen molar-refractivity contribution in [3.8, 4) is 22.6 Å². The van der Waals surface area contributed by atoms with Crippen molar-refractivity contribution in [2.75, 3.05) is 47.4 Å². The number of rotatable bonds is 23. The predicted octanol–water partition coefficient (Wildman–Crippen LogP) is 2.70. The van der Waals surface area contributed by atoms with Crippen LogP contribution in [0.2, 0.25) is 0 Å². The van der Waals surface area contributed by atoms with Crippen LogP contribution in [0.25, 0.3) is 11.1 Å². The molecule has 0 saturated heterocycles. The lowest BCUT2D eigenvalue weighted by Gasteiger charge is -2.29. The Bertz CT molecular complexity index is 1840. The minimum absolute atomic E-state index is 0.0284. The van der Waals surface area contributed by atoms with Crippen molar-refractivity contribution in [2.45, 2.75) is 121 Å². The molecule has 1 heterocycles. The number of aromatic hydroxyl groups is 2. The normalized spacial score (nSPS) is 15.6. The van der Waals surface area contributed by atoms with E-state index in [1.807, 2.05) is 0 Å². The lowest BCUT2D eigenvalue weighted by molar-refractivity contribution is -0.141. The van der Waals surface area contributed by atoms with Crippen LogP contribution in [0.15, 0.2) is 36.4 Å². The third kappa shape index (κ3) is 16.0. The maximum atomic E-state index is 13.7. The number of carbonyl (C=O) groups excluding carboxylic acids is 7. The number of phenols is 2. The summed E-state index contributed by atoms with van der Waals surface area (Å²) in [5, 5.41) is 43.9. The Morgan fingerprint density at radius 1 is 0.774 bits per heavy atom. The van der Waals surface area contributed by atoms with Gasteiger partial charge in [-0.15, -0.1) is 0 Å². The molecule has 3 rings (SSSR count). The lowest BCUT2D eigenvalue weighted by atomic mass is 9.94. The molecule has 17 nitrogen and oxygen atoms in total. The summed E-state index contributed by atoms with van der Waals surface area (Å²) in [6.45, 7) is -0.186. The summed E-state index contributed by atoms with van der Waals surface area (Å²) in [4.78, 5) is 93.5. The number of benzene rings is 2. The molecule has 17 heteroatoms. The van der Waals surface area contributed by atoms with Gasteiger partial charge in [0, 0.05) is 45.1 Å². The smallest absolute Gasteiger partial charge is 0.247 e. The van der Waals surface area contributed by atoms with Gasteiger partial charge in [-0.05, 0) is 41.8 Å². The van der Waals surface area contributed by atoms with Gasteiger partial charge in [0.2, 0.25) is 41.4 Å². The maximum Gasteiger partial charge on any atom is 0.247 e. The van der Waals surface area contributed by atoms with Gasteiger partial charge in [-0.3, -0.25) is 33.6 Å². The highest BCUT2D eigenvalue weighted by Gasteiger charge is 2.32. The first-order valence-electron chi connectivity index (χ1n) is 21.8. The highest BCUT2D eigenvalue weighted by molar-refractivity contribution is 5.95. The van der Waals surface area contributed by atoms with E-state index in [0.717, 1.165) is 24.2 Å². The van der Waals surface area contributed by atoms with E-state index in [-0.39, 0.29) is 46.9 Å². The molecule has 1 aliphatic rings. The van der Waals surface area contributed by atoms with Gasteiger partial charge in [-0.2, -0.15) is 0 Å². The Kier molecular flexibility index (Phi) is 21.7. The fraction of sp³-hybridized carbons (Fsp3) is 0.578. The minimum atomic E-state index is -1.41. The Morgan fingerprint density at radius 2 is 1.35 bits per heavy atom. The number of likely N-dealkylation sites (N-methyl/N-ethyl adjacent to an activating group) is 3. The van der Waals surface area contributed by atoms with Gasteiger partial charge in [0.15, 0.2) is 0 Å². The van der Waals surface area contributed by atoms with Crippen LogP contribution in [-0.4, -0.2) is 126 Å². The van der Waals surface area contributed by atoms with E-state index in [0.29, 0.717) is 12.0 Å². The molecule has 2 aromatic rings. The van der Waals surface area contributed by atoms with Crippen molar-refractivity contribution in [3.05, 3.63) is 47.5 Å². The number of hydrogen-bond acceptors (Lipinski definition) is 10. The van der Waals surface area contributed by atoms with Gasteiger partial charge in [0.05, 0.1) is 26.2 Å². The number of unbranched alkanes of at least 4 members (excludes halogenated alkanes) is 12. The summed E-state index contributed by atoms with van der Waals surface area (Å²) in [7, 11) is 4.12. The quantitative estimate of drug-likeness (QED) is 0.0760. The van der Waals surface area contributed by atoms with Crippen molar-refractivity contribution in [3.63, 3.8) is 0 Å². The SMILES string of the molecule is CCCCCCCCCCCCCCCC(=O)N(C)[C@H](CO)C(=O)NCC(=O)NCC(=O)N(C)C1C(=O)NCC(=O)N[C@H](C(=O)NC)Cc2ccc(O)c(c2)-c2cc1ccc2O. The first kappa shape index (κ1) is 50.6. The van der Waals surface area contributed by atoms with Crippen LogP contribution in [0.5, 0.6) is 11.5 Å². The summed E-state index contributed by atoms with van der Waals surface area (Å²) >= 11 is 0.